The lowest BCUT2D eigenvalue weighted by Gasteiger charge is -2.42. The van der Waals surface area contributed by atoms with Gasteiger partial charge in [-0.15, -0.1) is 0 Å². The van der Waals surface area contributed by atoms with E-state index in [1.807, 2.05) is 6.92 Å². The molecule has 6 heteroatoms. The van der Waals surface area contributed by atoms with Gasteiger partial charge in [0.1, 0.15) is 18.3 Å². The van der Waals surface area contributed by atoms with Crippen molar-refractivity contribution in [3.05, 3.63) is 12.3 Å². The highest BCUT2D eigenvalue weighted by Gasteiger charge is 2.44. The molecule has 1 saturated heterocycles. The number of ether oxygens (including phenoxy) is 3. The fourth-order valence-electron chi connectivity index (χ4n) is 3.03. The molecule has 5 atom stereocenters. The van der Waals surface area contributed by atoms with Crippen LogP contribution in [0.1, 0.15) is 65.2 Å². The Morgan fingerprint density at radius 1 is 1.08 bits per heavy atom. The molecule has 6 nitrogen and oxygen atoms in total. The van der Waals surface area contributed by atoms with Crippen molar-refractivity contribution < 1.29 is 24.4 Å². The van der Waals surface area contributed by atoms with Gasteiger partial charge in [-0.05, 0) is 13.3 Å². The van der Waals surface area contributed by atoms with E-state index in [2.05, 4.69) is 6.92 Å². The summed E-state index contributed by atoms with van der Waals surface area (Å²) in [5.41, 5.74) is 6.13. The largest absolute Gasteiger partial charge is 0.471 e. The number of unbranched alkanes of at least 4 members (excludes halogenated alkanes) is 7. The lowest BCUT2D eigenvalue weighted by atomic mass is 9.97. The van der Waals surface area contributed by atoms with Crippen LogP contribution in [-0.2, 0) is 14.2 Å². The Hall–Kier alpha value is -0.660. The fraction of sp³-hybridized carbons (Fsp3) is 0.895. The van der Waals surface area contributed by atoms with Crippen molar-refractivity contribution in [3.8, 4) is 0 Å². The predicted octanol–water partition coefficient (Wildman–Crippen LogP) is 2.47. The van der Waals surface area contributed by atoms with E-state index in [1.54, 1.807) is 6.08 Å². The van der Waals surface area contributed by atoms with Crippen LogP contribution in [0.25, 0.3) is 0 Å². The molecular formula is C19H37NO5. The summed E-state index contributed by atoms with van der Waals surface area (Å²) in [6.45, 7) is 4.28. The number of aliphatic hydroxyl groups is 2. The number of hydrogen-bond donors (Lipinski definition) is 3. The summed E-state index contributed by atoms with van der Waals surface area (Å²) >= 11 is 0. The molecule has 0 saturated carbocycles. The minimum absolute atomic E-state index is 0.304. The molecule has 25 heavy (non-hydrogen) atoms. The van der Waals surface area contributed by atoms with Gasteiger partial charge in [0, 0.05) is 6.61 Å². The first-order chi connectivity index (χ1) is 12.2. The van der Waals surface area contributed by atoms with Crippen molar-refractivity contribution >= 4 is 0 Å². The minimum atomic E-state index is -0.959. The maximum atomic E-state index is 10.3. The first kappa shape index (κ1) is 22.4. The maximum absolute atomic E-state index is 10.3. The number of nitrogens with two attached hydrogens (primary N) is 1. The third kappa shape index (κ3) is 8.05. The lowest BCUT2D eigenvalue weighted by Crippen LogP contribution is -2.63. The Morgan fingerprint density at radius 2 is 1.72 bits per heavy atom. The Balaban J connectivity index is 2.30. The van der Waals surface area contributed by atoms with Gasteiger partial charge in [-0.25, -0.2) is 0 Å². The average Bonchev–Trinajstić information content (AvgIpc) is 2.62. The van der Waals surface area contributed by atoms with E-state index in [0.29, 0.717) is 6.61 Å². The molecule has 0 bridgehead atoms. The summed E-state index contributed by atoms with van der Waals surface area (Å²) in [6.07, 6.45) is 9.93. The lowest BCUT2D eigenvalue weighted by molar-refractivity contribution is -0.258. The Labute approximate surface area is 152 Å². The molecule has 1 heterocycles. The predicted molar refractivity (Wildman–Crippen MR) is 98.0 cm³/mol. The zero-order valence-corrected chi connectivity index (χ0v) is 15.8. The number of aliphatic hydroxyl groups excluding tert-OH is 2. The summed E-state index contributed by atoms with van der Waals surface area (Å²) in [6, 6.07) is -0.608. The Morgan fingerprint density at radius 3 is 2.32 bits per heavy atom. The van der Waals surface area contributed by atoms with Crippen LogP contribution in [0.4, 0.5) is 0 Å². The van der Waals surface area contributed by atoms with E-state index in [1.165, 1.54) is 44.8 Å². The molecule has 1 unspecified atom stereocenters. The molecule has 0 aromatic heterocycles. The topological polar surface area (TPSA) is 94.2 Å². The highest BCUT2D eigenvalue weighted by atomic mass is 16.7. The molecular weight excluding hydrogens is 322 g/mol. The summed E-state index contributed by atoms with van der Waals surface area (Å²) in [4.78, 5) is 0. The van der Waals surface area contributed by atoms with Crippen LogP contribution >= 0.6 is 0 Å². The molecule has 1 aliphatic rings. The van der Waals surface area contributed by atoms with Gasteiger partial charge in [0.05, 0.1) is 18.9 Å². The minimum Gasteiger partial charge on any atom is -0.471 e. The fourth-order valence-corrected chi connectivity index (χ4v) is 3.03. The highest BCUT2D eigenvalue weighted by Crippen LogP contribution is 2.23. The molecule has 0 radical (unpaired) electrons. The van der Waals surface area contributed by atoms with E-state index < -0.39 is 30.6 Å². The number of hydrogen-bond acceptors (Lipinski definition) is 6. The van der Waals surface area contributed by atoms with Crippen molar-refractivity contribution in [1.82, 2.24) is 0 Å². The second kappa shape index (κ2) is 13.5. The number of allylic oxidation sites excluding steroid dienone is 1. The summed E-state index contributed by atoms with van der Waals surface area (Å²) in [5.74, 6) is 0. The van der Waals surface area contributed by atoms with Crippen molar-refractivity contribution in [2.75, 3.05) is 13.2 Å². The zero-order chi connectivity index (χ0) is 18.5. The second-order valence-electron chi connectivity index (χ2n) is 6.71. The summed E-state index contributed by atoms with van der Waals surface area (Å²) < 4.78 is 16.7. The first-order valence-electron chi connectivity index (χ1n) is 9.73. The summed E-state index contributed by atoms with van der Waals surface area (Å²) in [7, 11) is 0. The first-order valence-corrected chi connectivity index (χ1v) is 9.73. The van der Waals surface area contributed by atoms with Crippen molar-refractivity contribution in [3.63, 3.8) is 0 Å². The Bertz CT molecular complexity index is 353. The van der Waals surface area contributed by atoms with Crippen LogP contribution < -0.4 is 5.73 Å². The van der Waals surface area contributed by atoms with Crippen molar-refractivity contribution in [2.45, 2.75) is 95.9 Å². The van der Waals surface area contributed by atoms with E-state index in [4.69, 9.17) is 19.9 Å². The van der Waals surface area contributed by atoms with E-state index in [-0.39, 0.29) is 6.61 Å². The highest BCUT2D eigenvalue weighted by molar-refractivity contribution is 4.93. The van der Waals surface area contributed by atoms with Gasteiger partial charge in [0.15, 0.2) is 0 Å². The molecule has 1 fully saturated rings. The third-order valence-electron chi connectivity index (χ3n) is 4.56. The molecule has 0 aromatic carbocycles. The standard InChI is InChI=1S/C19H37NO5/c1-3-5-6-7-8-9-10-11-13-23-18-16(20)19(24-12-4-2)25-15(14-21)17(18)22/h4,12,15-19,21-22H,3,5-11,13-14,20H2,1-2H3/t15?,16-,17-,18-,19+/m1/s1. The third-order valence-corrected chi connectivity index (χ3v) is 4.56. The molecule has 148 valence electrons. The van der Waals surface area contributed by atoms with Crippen LogP contribution in [0, 0.1) is 0 Å². The van der Waals surface area contributed by atoms with Gasteiger partial charge < -0.3 is 30.2 Å². The summed E-state index contributed by atoms with van der Waals surface area (Å²) in [5, 5.41) is 19.7. The smallest absolute Gasteiger partial charge is 0.217 e. The number of rotatable bonds is 13. The van der Waals surface area contributed by atoms with Gasteiger partial charge in [0.2, 0.25) is 6.29 Å². The SMILES string of the molecule is CC=CO[C@H]1OC(CO)[C@@H](O)[C@H](OCCCCCCCCCC)[C@H]1N. The van der Waals surface area contributed by atoms with Crippen LogP contribution in [0.15, 0.2) is 12.3 Å². The molecule has 0 aromatic rings. The van der Waals surface area contributed by atoms with E-state index in [0.717, 1.165) is 12.8 Å². The van der Waals surface area contributed by atoms with Crippen LogP contribution in [-0.4, -0.2) is 54.1 Å². The van der Waals surface area contributed by atoms with Gasteiger partial charge >= 0.3 is 0 Å². The van der Waals surface area contributed by atoms with Crippen LogP contribution in [0.5, 0.6) is 0 Å². The van der Waals surface area contributed by atoms with Crippen molar-refractivity contribution in [1.29, 1.82) is 0 Å². The molecule has 0 aliphatic carbocycles. The van der Waals surface area contributed by atoms with Gasteiger partial charge in [-0.1, -0.05) is 57.9 Å². The molecule has 4 N–H and O–H groups in total. The second-order valence-corrected chi connectivity index (χ2v) is 6.71. The molecule has 1 aliphatic heterocycles. The molecule has 0 spiro atoms. The molecule has 1 rings (SSSR count). The Kier molecular flexibility index (Phi) is 12.1. The van der Waals surface area contributed by atoms with Gasteiger partial charge in [-0.3, -0.25) is 0 Å². The normalized spacial score (nSPS) is 30.0. The van der Waals surface area contributed by atoms with Gasteiger partial charge in [0.25, 0.3) is 0 Å². The van der Waals surface area contributed by atoms with Crippen LogP contribution in [0.2, 0.25) is 0 Å². The quantitative estimate of drug-likeness (QED) is 0.345. The van der Waals surface area contributed by atoms with Crippen LogP contribution in [0.3, 0.4) is 0 Å². The van der Waals surface area contributed by atoms with E-state index >= 15 is 0 Å². The zero-order valence-electron chi connectivity index (χ0n) is 15.8. The monoisotopic (exact) mass is 359 g/mol. The maximum Gasteiger partial charge on any atom is 0.217 e. The van der Waals surface area contributed by atoms with E-state index in [9.17, 15) is 10.2 Å². The van der Waals surface area contributed by atoms with Crippen molar-refractivity contribution in [2.24, 2.45) is 5.73 Å². The molecule has 0 amide bonds. The average molecular weight is 360 g/mol. The van der Waals surface area contributed by atoms with Gasteiger partial charge in [-0.2, -0.15) is 0 Å².